The van der Waals surface area contributed by atoms with E-state index < -0.39 is 18.1 Å². The average molecular weight is 317 g/mol. The molecule has 0 saturated carbocycles. The standard InChI is InChI=1S/C15H22F3N3O/c1-2-8-19-9-10-20-13(22)11-21-14(15(16,17)18)12-6-4-3-5-7-12/h3-7,14,19,21H,2,8-11H2,1H3,(H,20,22). The minimum atomic E-state index is -4.45. The van der Waals surface area contributed by atoms with E-state index in [-0.39, 0.29) is 12.1 Å². The van der Waals surface area contributed by atoms with Crippen molar-refractivity contribution in [3.63, 3.8) is 0 Å². The highest BCUT2D eigenvalue weighted by atomic mass is 19.4. The molecule has 0 fully saturated rings. The molecule has 0 bridgehead atoms. The number of nitrogens with one attached hydrogen (secondary N) is 3. The van der Waals surface area contributed by atoms with E-state index >= 15 is 0 Å². The highest BCUT2D eigenvalue weighted by Gasteiger charge is 2.40. The van der Waals surface area contributed by atoms with Crippen LogP contribution >= 0.6 is 0 Å². The molecule has 0 saturated heterocycles. The van der Waals surface area contributed by atoms with Crippen LogP contribution in [0.2, 0.25) is 0 Å². The van der Waals surface area contributed by atoms with Crippen molar-refractivity contribution in [1.82, 2.24) is 16.0 Å². The molecule has 0 aliphatic heterocycles. The second-order valence-electron chi connectivity index (χ2n) is 4.87. The topological polar surface area (TPSA) is 53.2 Å². The van der Waals surface area contributed by atoms with Crippen LogP contribution in [0, 0.1) is 0 Å². The van der Waals surface area contributed by atoms with Crippen LogP contribution in [0.25, 0.3) is 0 Å². The highest BCUT2D eigenvalue weighted by Crippen LogP contribution is 2.32. The fourth-order valence-corrected chi connectivity index (χ4v) is 1.92. The lowest BCUT2D eigenvalue weighted by atomic mass is 10.1. The summed E-state index contributed by atoms with van der Waals surface area (Å²) in [6.45, 7) is 3.48. The molecule has 1 aromatic rings. The zero-order valence-corrected chi connectivity index (χ0v) is 12.5. The Labute approximate surface area is 128 Å². The third-order valence-electron chi connectivity index (χ3n) is 2.98. The molecular weight excluding hydrogens is 295 g/mol. The molecule has 1 amide bonds. The van der Waals surface area contributed by atoms with Crippen LogP contribution in [-0.4, -0.2) is 38.3 Å². The maximum Gasteiger partial charge on any atom is 0.407 e. The van der Waals surface area contributed by atoms with Gasteiger partial charge in [0.1, 0.15) is 6.04 Å². The fourth-order valence-electron chi connectivity index (χ4n) is 1.92. The van der Waals surface area contributed by atoms with E-state index in [0.29, 0.717) is 13.1 Å². The van der Waals surface area contributed by atoms with E-state index in [1.165, 1.54) is 24.3 Å². The minimum Gasteiger partial charge on any atom is -0.354 e. The third kappa shape index (κ3) is 6.91. The van der Waals surface area contributed by atoms with Crippen molar-refractivity contribution >= 4 is 5.91 Å². The zero-order chi connectivity index (χ0) is 16.4. The summed E-state index contributed by atoms with van der Waals surface area (Å²) in [6.07, 6.45) is -3.47. The molecule has 7 heteroatoms. The van der Waals surface area contributed by atoms with Crippen molar-refractivity contribution in [3.8, 4) is 0 Å². The third-order valence-corrected chi connectivity index (χ3v) is 2.98. The summed E-state index contributed by atoms with van der Waals surface area (Å²) in [6, 6.07) is 5.64. The maximum atomic E-state index is 13.0. The summed E-state index contributed by atoms with van der Waals surface area (Å²) in [5, 5.41) is 7.93. The number of carbonyl (C=O) groups is 1. The van der Waals surface area contributed by atoms with Gasteiger partial charge < -0.3 is 10.6 Å². The minimum absolute atomic E-state index is 0.0902. The monoisotopic (exact) mass is 317 g/mol. The molecule has 1 aromatic carbocycles. The first-order valence-electron chi connectivity index (χ1n) is 7.27. The van der Waals surface area contributed by atoms with E-state index in [1.807, 2.05) is 6.92 Å². The van der Waals surface area contributed by atoms with E-state index in [9.17, 15) is 18.0 Å². The Morgan fingerprint density at radius 2 is 1.82 bits per heavy atom. The van der Waals surface area contributed by atoms with Gasteiger partial charge in [0.25, 0.3) is 0 Å². The molecule has 4 nitrogen and oxygen atoms in total. The van der Waals surface area contributed by atoms with Crippen molar-refractivity contribution < 1.29 is 18.0 Å². The molecule has 1 rings (SSSR count). The normalized spacial score (nSPS) is 12.9. The van der Waals surface area contributed by atoms with Gasteiger partial charge in [-0.15, -0.1) is 0 Å². The van der Waals surface area contributed by atoms with Crippen LogP contribution < -0.4 is 16.0 Å². The lowest BCUT2D eigenvalue weighted by Crippen LogP contribution is -2.42. The van der Waals surface area contributed by atoms with Gasteiger partial charge in [0.15, 0.2) is 0 Å². The van der Waals surface area contributed by atoms with Crippen molar-refractivity contribution in [2.24, 2.45) is 0 Å². The summed E-state index contributed by atoms with van der Waals surface area (Å²) >= 11 is 0. The number of hydrogen-bond donors (Lipinski definition) is 3. The number of rotatable bonds is 9. The number of benzene rings is 1. The van der Waals surface area contributed by atoms with E-state index in [0.717, 1.165) is 13.0 Å². The van der Waals surface area contributed by atoms with E-state index in [1.54, 1.807) is 6.07 Å². The number of hydrogen-bond acceptors (Lipinski definition) is 3. The summed E-state index contributed by atoms with van der Waals surface area (Å²) in [4.78, 5) is 11.6. The zero-order valence-electron chi connectivity index (χ0n) is 12.5. The smallest absolute Gasteiger partial charge is 0.354 e. The van der Waals surface area contributed by atoms with Gasteiger partial charge in [-0.05, 0) is 18.5 Å². The molecule has 1 atom stereocenters. The van der Waals surface area contributed by atoms with Crippen molar-refractivity contribution in [3.05, 3.63) is 35.9 Å². The lowest BCUT2D eigenvalue weighted by Gasteiger charge is -2.21. The first kappa shape index (κ1) is 18.4. The van der Waals surface area contributed by atoms with Crippen LogP contribution in [0.3, 0.4) is 0 Å². The molecule has 0 aliphatic rings. The van der Waals surface area contributed by atoms with Gasteiger partial charge >= 0.3 is 6.18 Å². The van der Waals surface area contributed by atoms with Crippen molar-refractivity contribution in [1.29, 1.82) is 0 Å². The Morgan fingerprint density at radius 3 is 2.41 bits per heavy atom. The molecule has 22 heavy (non-hydrogen) atoms. The number of halogens is 3. The predicted molar refractivity (Wildman–Crippen MR) is 79.4 cm³/mol. The SMILES string of the molecule is CCCNCCNC(=O)CNC(c1ccccc1)C(F)(F)F. The highest BCUT2D eigenvalue weighted by molar-refractivity contribution is 5.78. The quantitative estimate of drug-likeness (QED) is 0.611. The van der Waals surface area contributed by atoms with Gasteiger partial charge in [-0.1, -0.05) is 37.3 Å². The predicted octanol–water partition coefficient (Wildman–Crippen LogP) is 2.00. The summed E-state index contributed by atoms with van der Waals surface area (Å²) in [5.74, 6) is -0.455. The van der Waals surface area contributed by atoms with E-state index in [4.69, 9.17) is 0 Å². The molecular formula is C15H22F3N3O. The van der Waals surface area contributed by atoms with Gasteiger partial charge in [-0.25, -0.2) is 0 Å². The van der Waals surface area contributed by atoms with Crippen LogP contribution in [0.15, 0.2) is 30.3 Å². The summed E-state index contributed by atoms with van der Waals surface area (Å²) in [7, 11) is 0. The summed E-state index contributed by atoms with van der Waals surface area (Å²) < 4.78 is 39.1. The number of alkyl halides is 3. The van der Waals surface area contributed by atoms with Crippen molar-refractivity contribution in [2.75, 3.05) is 26.2 Å². The molecule has 0 heterocycles. The van der Waals surface area contributed by atoms with Crippen molar-refractivity contribution in [2.45, 2.75) is 25.6 Å². The number of carbonyl (C=O) groups excluding carboxylic acids is 1. The van der Waals surface area contributed by atoms with Crippen LogP contribution in [0.4, 0.5) is 13.2 Å². The molecule has 124 valence electrons. The molecule has 0 radical (unpaired) electrons. The first-order chi connectivity index (χ1) is 10.4. The van der Waals surface area contributed by atoms with Crippen LogP contribution in [0.1, 0.15) is 24.9 Å². The first-order valence-corrected chi connectivity index (χ1v) is 7.27. The van der Waals surface area contributed by atoms with Crippen LogP contribution in [0.5, 0.6) is 0 Å². The van der Waals surface area contributed by atoms with Gasteiger partial charge in [0.05, 0.1) is 6.54 Å². The Bertz CT molecular complexity index is 437. The van der Waals surface area contributed by atoms with E-state index in [2.05, 4.69) is 16.0 Å². The molecule has 0 aliphatic carbocycles. The summed E-state index contributed by atoms with van der Waals surface area (Å²) in [5.41, 5.74) is 0.0902. The molecule has 0 aromatic heterocycles. The van der Waals surface area contributed by atoms with Gasteiger partial charge in [-0.2, -0.15) is 13.2 Å². The largest absolute Gasteiger partial charge is 0.407 e. The second kappa shape index (κ2) is 9.42. The molecule has 1 unspecified atom stereocenters. The van der Waals surface area contributed by atoms with Gasteiger partial charge in [-0.3, -0.25) is 10.1 Å². The lowest BCUT2D eigenvalue weighted by molar-refractivity contribution is -0.158. The maximum absolute atomic E-state index is 13.0. The fraction of sp³-hybridized carbons (Fsp3) is 0.533. The number of amides is 1. The molecule has 3 N–H and O–H groups in total. The Balaban J connectivity index is 2.43. The Hall–Kier alpha value is -1.60. The Morgan fingerprint density at radius 1 is 1.14 bits per heavy atom. The Kier molecular flexibility index (Phi) is 7.90. The van der Waals surface area contributed by atoms with Gasteiger partial charge in [0.2, 0.25) is 5.91 Å². The average Bonchev–Trinajstić information content (AvgIpc) is 2.47. The van der Waals surface area contributed by atoms with Crippen LogP contribution in [-0.2, 0) is 4.79 Å². The van der Waals surface area contributed by atoms with Gasteiger partial charge in [0, 0.05) is 13.1 Å². The molecule has 0 spiro atoms. The second-order valence-corrected chi connectivity index (χ2v) is 4.87.